The molecule has 3 aromatic heterocycles. The van der Waals surface area contributed by atoms with Gasteiger partial charge in [0, 0.05) is 66.4 Å². The summed E-state index contributed by atoms with van der Waals surface area (Å²) in [5.74, 6) is -1.23. The highest BCUT2D eigenvalue weighted by Gasteiger charge is 2.46. The first-order chi connectivity index (χ1) is 18.8. The first kappa shape index (κ1) is 26.1. The Kier molecular flexibility index (Phi) is 5.83. The van der Waals surface area contributed by atoms with Crippen LogP contribution in [0.1, 0.15) is 56.7 Å². The van der Waals surface area contributed by atoms with Crippen molar-refractivity contribution < 1.29 is 22.7 Å². The SMILES string of the molecule is Cn1c2c(c3ccc(-n4ccc(-c5cnc(C(F)(F)F)nc5)cc4=O)cc31)C1CCC(C2)N1C(=O)OC(C)(C)C. The highest BCUT2D eigenvalue weighted by molar-refractivity contribution is 5.89. The lowest BCUT2D eigenvalue weighted by molar-refractivity contribution is -0.145. The van der Waals surface area contributed by atoms with Crippen molar-refractivity contribution in [1.82, 2.24) is 24.0 Å². The number of rotatable bonds is 2. The number of hydrogen-bond donors (Lipinski definition) is 0. The van der Waals surface area contributed by atoms with Crippen LogP contribution in [-0.4, -0.2) is 41.7 Å². The number of hydrogen-bond acceptors (Lipinski definition) is 5. The lowest BCUT2D eigenvalue weighted by Gasteiger charge is -2.36. The van der Waals surface area contributed by atoms with Gasteiger partial charge in [0.1, 0.15) is 5.60 Å². The molecule has 6 rings (SSSR count). The molecule has 1 fully saturated rings. The minimum absolute atomic E-state index is 0.0638. The number of aromatic nitrogens is 4. The number of aryl methyl sites for hydroxylation is 1. The van der Waals surface area contributed by atoms with Gasteiger partial charge in [0.05, 0.1) is 17.2 Å². The Bertz CT molecular complexity index is 1700. The zero-order valence-electron chi connectivity index (χ0n) is 22.5. The van der Waals surface area contributed by atoms with E-state index in [4.69, 9.17) is 4.74 Å². The van der Waals surface area contributed by atoms with Crippen LogP contribution in [0.4, 0.5) is 18.0 Å². The first-order valence-corrected chi connectivity index (χ1v) is 13.1. The summed E-state index contributed by atoms with van der Waals surface area (Å²) in [7, 11) is 2.00. The molecule has 4 aromatic rings. The van der Waals surface area contributed by atoms with Crippen molar-refractivity contribution in [3.63, 3.8) is 0 Å². The van der Waals surface area contributed by atoms with Crippen molar-refractivity contribution in [2.75, 3.05) is 0 Å². The van der Waals surface area contributed by atoms with Crippen molar-refractivity contribution in [3.05, 3.63) is 76.4 Å². The lowest BCUT2D eigenvalue weighted by Crippen LogP contribution is -2.44. The molecule has 2 bridgehead atoms. The van der Waals surface area contributed by atoms with Crippen LogP contribution < -0.4 is 5.56 Å². The van der Waals surface area contributed by atoms with Gasteiger partial charge in [-0.05, 0) is 57.4 Å². The summed E-state index contributed by atoms with van der Waals surface area (Å²) < 4.78 is 47.7. The smallest absolute Gasteiger partial charge is 0.444 e. The molecule has 2 aliphatic heterocycles. The van der Waals surface area contributed by atoms with Gasteiger partial charge < -0.3 is 9.30 Å². The molecular formula is C29H28F3N5O3. The summed E-state index contributed by atoms with van der Waals surface area (Å²) in [6.07, 6.45) is 1.30. The van der Waals surface area contributed by atoms with Crippen LogP contribution in [0.25, 0.3) is 27.7 Å². The van der Waals surface area contributed by atoms with E-state index < -0.39 is 17.6 Å². The largest absolute Gasteiger partial charge is 0.451 e. The molecule has 11 heteroatoms. The zero-order valence-corrected chi connectivity index (χ0v) is 22.5. The topological polar surface area (TPSA) is 82.3 Å². The number of benzene rings is 1. The summed E-state index contributed by atoms with van der Waals surface area (Å²) in [6, 6.07) is 8.81. The average Bonchev–Trinajstić information content (AvgIpc) is 3.35. The summed E-state index contributed by atoms with van der Waals surface area (Å²) >= 11 is 0. The number of carbonyl (C=O) groups is 1. The Hall–Kier alpha value is -4.15. The molecule has 0 saturated carbocycles. The third-order valence-corrected chi connectivity index (χ3v) is 7.65. The van der Waals surface area contributed by atoms with Gasteiger partial charge in [-0.15, -0.1) is 0 Å². The molecule has 40 heavy (non-hydrogen) atoms. The molecule has 8 nitrogen and oxygen atoms in total. The van der Waals surface area contributed by atoms with E-state index in [-0.39, 0.29) is 23.7 Å². The number of nitrogens with zero attached hydrogens (tertiary/aromatic N) is 5. The molecule has 0 aliphatic carbocycles. The Morgan fingerprint density at radius 1 is 1.02 bits per heavy atom. The molecule has 0 N–H and O–H groups in total. The fraction of sp³-hybridized carbons (Fsp3) is 0.379. The van der Waals surface area contributed by atoms with Crippen LogP contribution in [-0.2, 0) is 24.4 Å². The molecule has 1 aromatic carbocycles. The summed E-state index contributed by atoms with van der Waals surface area (Å²) in [6.45, 7) is 5.61. The van der Waals surface area contributed by atoms with Gasteiger partial charge in [-0.3, -0.25) is 14.3 Å². The molecule has 0 spiro atoms. The van der Waals surface area contributed by atoms with E-state index in [9.17, 15) is 22.8 Å². The molecular weight excluding hydrogens is 523 g/mol. The second-order valence-corrected chi connectivity index (χ2v) is 11.4. The molecule has 5 heterocycles. The standard InChI is InChI=1S/C29H28F3N5O3/c1-28(2,3)40-27(39)37-19-6-8-21(37)25-20-7-5-18(12-22(20)35(4)23(25)13-19)36-10-9-16(11-24(36)38)17-14-33-26(34-15-17)29(30,31)32/h5,7,9-12,14-15,19,21H,6,8,13H2,1-4H3. The maximum atomic E-state index is 13.1. The van der Waals surface area contributed by atoms with Gasteiger partial charge in [-0.2, -0.15) is 13.2 Å². The van der Waals surface area contributed by atoms with Gasteiger partial charge >= 0.3 is 12.3 Å². The quantitative estimate of drug-likeness (QED) is 0.315. The highest BCUT2D eigenvalue weighted by Crippen LogP contribution is 2.48. The molecule has 1 saturated heterocycles. The minimum Gasteiger partial charge on any atom is -0.444 e. The van der Waals surface area contributed by atoms with Crippen LogP contribution >= 0.6 is 0 Å². The lowest BCUT2D eigenvalue weighted by atomic mass is 9.97. The van der Waals surface area contributed by atoms with E-state index in [1.54, 1.807) is 12.3 Å². The van der Waals surface area contributed by atoms with Gasteiger partial charge in [-0.1, -0.05) is 6.07 Å². The molecule has 0 radical (unpaired) electrons. The molecule has 2 unspecified atom stereocenters. The van der Waals surface area contributed by atoms with Crippen molar-refractivity contribution in [1.29, 1.82) is 0 Å². The molecule has 2 atom stereocenters. The molecule has 2 aliphatic rings. The van der Waals surface area contributed by atoms with Crippen molar-refractivity contribution in [3.8, 4) is 16.8 Å². The van der Waals surface area contributed by atoms with Crippen molar-refractivity contribution >= 4 is 17.0 Å². The molecule has 208 valence electrons. The predicted octanol–water partition coefficient (Wildman–Crippen LogP) is 5.80. The van der Waals surface area contributed by atoms with Crippen LogP contribution in [0.5, 0.6) is 0 Å². The van der Waals surface area contributed by atoms with Crippen molar-refractivity contribution in [2.45, 2.75) is 63.9 Å². The van der Waals surface area contributed by atoms with E-state index in [1.165, 1.54) is 16.3 Å². The highest BCUT2D eigenvalue weighted by atomic mass is 19.4. The third kappa shape index (κ3) is 4.33. The minimum atomic E-state index is -4.63. The Balaban J connectivity index is 1.34. The summed E-state index contributed by atoms with van der Waals surface area (Å²) in [4.78, 5) is 34.8. The number of ether oxygens (including phenoxy) is 1. The third-order valence-electron chi connectivity index (χ3n) is 7.65. The van der Waals surface area contributed by atoms with Crippen molar-refractivity contribution in [2.24, 2.45) is 7.05 Å². The number of halogens is 3. The maximum Gasteiger partial charge on any atom is 0.451 e. The van der Waals surface area contributed by atoms with Gasteiger partial charge in [-0.25, -0.2) is 14.8 Å². The number of carbonyl (C=O) groups excluding carboxylic acids is 1. The number of fused-ring (bicyclic) bond motifs is 6. The van der Waals surface area contributed by atoms with Crippen LogP contribution in [0, 0.1) is 0 Å². The fourth-order valence-electron chi connectivity index (χ4n) is 5.95. The number of pyridine rings is 1. The fourth-order valence-corrected chi connectivity index (χ4v) is 5.95. The maximum absolute atomic E-state index is 13.1. The van der Waals surface area contributed by atoms with E-state index in [2.05, 4.69) is 14.5 Å². The van der Waals surface area contributed by atoms with Gasteiger partial charge in [0.15, 0.2) is 0 Å². The Labute approximate surface area is 228 Å². The summed E-state index contributed by atoms with van der Waals surface area (Å²) in [5.41, 5.74) is 3.73. The predicted molar refractivity (Wildman–Crippen MR) is 142 cm³/mol. The van der Waals surface area contributed by atoms with Gasteiger partial charge in [0.2, 0.25) is 5.82 Å². The van der Waals surface area contributed by atoms with E-state index >= 15 is 0 Å². The van der Waals surface area contributed by atoms with Crippen LogP contribution in [0.2, 0.25) is 0 Å². The average molecular weight is 552 g/mol. The zero-order chi connectivity index (χ0) is 28.6. The van der Waals surface area contributed by atoms with E-state index in [0.717, 1.165) is 48.1 Å². The molecule has 1 amide bonds. The van der Waals surface area contributed by atoms with E-state index in [0.29, 0.717) is 16.8 Å². The first-order valence-electron chi connectivity index (χ1n) is 13.1. The van der Waals surface area contributed by atoms with Crippen LogP contribution in [0.15, 0.2) is 53.7 Å². The Morgan fingerprint density at radius 2 is 1.75 bits per heavy atom. The number of amides is 1. The van der Waals surface area contributed by atoms with Gasteiger partial charge in [0.25, 0.3) is 5.56 Å². The van der Waals surface area contributed by atoms with E-state index in [1.807, 2.05) is 50.9 Å². The monoisotopic (exact) mass is 551 g/mol. The summed E-state index contributed by atoms with van der Waals surface area (Å²) in [5, 5.41) is 1.03. The normalized spacial score (nSPS) is 18.7. The number of alkyl halides is 3. The van der Waals surface area contributed by atoms with Crippen LogP contribution in [0.3, 0.4) is 0 Å². The second kappa shape index (κ2) is 8.94. The second-order valence-electron chi connectivity index (χ2n) is 11.4. The Morgan fingerprint density at radius 3 is 2.40 bits per heavy atom.